The molecule has 5 heteroatoms. The van der Waals surface area contributed by atoms with E-state index in [9.17, 15) is 4.39 Å². The fourth-order valence-corrected chi connectivity index (χ4v) is 2.88. The first-order chi connectivity index (χ1) is 11.2. The summed E-state index contributed by atoms with van der Waals surface area (Å²) < 4.78 is 25.4. The highest BCUT2D eigenvalue weighted by molar-refractivity contribution is 9.10. The molecule has 1 aliphatic rings. The van der Waals surface area contributed by atoms with E-state index >= 15 is 0 Å². The highest BCUT2D eigenvalue weighted by Crippen LogP contribution is 2.32. The number of nitrogens with zero attached hydrogens (tertiary/aromatic N) is 1. The third-order valence-electron chi connectivity index (χ3n) is 3.81. The smallest absolute Gasteiger partial charge is 0.155 e. The second kappa shape index (κ2) is 7.12. The maximum atomic E-state index is 13.6. The van der Waals surface area contributed by atoms with E-state index in [1.165, 1.54) is 6.07 Å². The molecule has 0 atom stereocenters. The van der Waals surface area contributed by atoms with Crippen LogP contribution in [0.3, 0.4) is 0 Å². The van der Waals surface area contributed by atoms with Crippen molar-refractivity contribution in [2.45, 2.75) is 31.7 Å². The Morgan fingerprint density at radius 3 is 2.61 bits per heavy atom. The van der Waals surface area contributed by atoms with Crippen LogP contribution >= 0.6 is 15.9 Å². The molecule has 1 saturated carbocycles. The van der Waals surface area contributed by atoms with Gasteiger partial charge < -0.3 is 9.47 Å². The van der Waals surface area contributed by atoms with E-state index in [4.69, 9.17) is 14.7 Å². The number of hydrogen-bond acceptors (Lipinski definition) is 3. The maximum Gasteiger partial charge on any atom is 0.155 e. The van der Waals surface area contributed by atoms with E-state index in [0.717, 1.165) is 18.4 Å². The van der Waals surface area contributed by atoms with E-state index in [2.05, 4.69) is 15.9 Å². The molecule has 0 aliphatic heterocycles. The summed E-state index contributed by atoms with van der Waals surface area (Å²) in [4.78, 5) is 0. The van der Waals surface area contributed by atoms with Gasteiger partial charge >= 0.3 is 0 Å². The van der Waals surface area contributed by atoms with Gasteiger partial charge in [0.2, 0.25) is 0 Å². The molecule has 2 aromatic carbocycles. The average Bonchev–Trinajstić information content (AvgIpc) is 2.53. The van der Waals surface area contributed by atoms with Gasteiger partial charge in [-0.3, -0.25) is 0 Å². The SMILES string of the molecule is N#Cc1cc(O[C@H]2C[C@H](OCc3ccccc3)C2)cc(Br)c1F. The minimum absolute atomic E-state index is 0.0226. The van der Waals surface area contributed by atoms with Gasteiger partial charge in [0.1, 0.15) is 17.9 Å². The first-order valence-electron chi connectivity index (χ1n) is 7.37. The quantitative estimate of drug-likeness (QED) is 0.767. The van der Waals surface area contributed by atoms with Gasteiger partial charge in [0.15, 0.2) is 5.82 Å². The molecule has 118 valence electrons. The Labute approximate surface area is 142 Å². The summed E-state index contributed by atoms with van der Waals surface area (Å²) in [5.41, 5.74) is 1.13. The standard InChI is InChI=1S/C18H15BrFNO2/c19-17-9-15(6-13(10-21)18(17)20)23-16-7-14(8-16)22-11-12-4-2-1-3-5-12/h1-6,9,14,16H,7-8,11H2/t14-,16-. The fraction of sp³-hybridized carbons (Fsp3) is 0.278. The van der Waals surface area contributed by atoms with Crippen LogP contribution in [0, 0.1) is 17.1 Å². The summed E-state index contributed by atoms with van der Waals surface area (Å²) in [6.45, 7) is 0.596. The summed E-state index contributed by atoms with van der Waals surface area (Å²) in [5, 5.41) is 8.91. The molecule has 0 amide bonds. The molecule has 3 rings (SSSR count). The molecule has 1 fully saturated rings. The zero-order valence-corrected chi connectivity index (χ0v) is 13.9. The van der Waals surface area contributed by atoms with Crippen molar-refractivity contribution in [1.29, 1.82) is 5.26 Å². The van der Waals surface area contributed by atoms with Crippen LogP contribution < -0.4 is 4.74 Å². The minimum atomic E-state index is -0.558. The van der Waals surface area contributed by atoms with Gasteiger partial charge in [-0.25, -0.2) is 4.39 Å². The van der Waals surface area contributed by atoms with Crippen molar-refractivity contribution in [2.24, 2.45) is 0 Å². The van der Waals surface area contributed by atoms with Crippen LogP contribution in [0.25, 0.3) is 0 Å². The van der Waals surface area contributed by atoms with Gasteiger partial charge in [0.25, 0.3) is 0 Å². The summed E-state index contributed by atoms with van der Waals surface area (Å²) in [6, 6.07) is 14.8. The number of ether oxygens (including phenoxy) is 2. The van der Waals surface area contributed by atoms with Crippen molar-refractivity contribution < 1.29 is 13.9 Å². The molecular formula is C18H15BrFNO2. The second-order valence-corrected chi connectivity index (χ2v) is 6.36. The van der Waals surface area contributed by atoms with Crippen LogP contribution in [0.2, 0.25) is 0 Å². The number of hydrogen-bond donors (Lipinski definition) is 0. The lowest BCUT2D eigenvalue weighted by molar-refractivity contribution is -0.0684. The van der Waals surface area contributed by atoms with Gasteiger partial charge in [0, 0.05) is 18.9 Å². The topological polar surface area (TPSA) is 42.2 Å². The summed E-state index contributed by atoms with van der Waals surface area (Å²) in [7, 11) is 0. The zero-order valence-electron chi connectivity index (χ0n) is 12.3. The Hall–Kier alpha value is -1.90. The normalized spacial score (nSPS) is 19.7. The molecule has 0 unspecified atom stereocenters. The lowest BCUT2D eigenvalue weighted by atomic mass is 9.92. The maximum absolute atomic E-state index is 13.6. The Morgan fingerprint density at radius 1 is 1.17 bits per heavy atom. The summed E-state index contributed by atoms with van der Waals surface area (Å²) >= 11 is 3.10. The predicted molar refractivity (Wildman–Crippen MR) is 87.5 cm³/mol. The largest absolute Gasteiger partial charge is 0.490 e. The van der Waals surface area contributed by atoms with Crippen LogP contribution in [-0.2, 0) is 11.3 Å². The predicted octanol–water partition coefficient (Wildman–Crippen LogP) is 4.59. The Morgan fingerprint density at radius 2 is 1.91 bits per heavy atom. The van der Waals surface area contributed by atoms with Gasteiger partial charge in [-0.1, -0.05) is 30.3 Å². The van der Waals surface area contributed by atoms with Crippen molar-refractivity contribution in [3.63, 3.8) is 0 Å². The zero-order chi connectivity index (χ0) is 16.2. The Bertz CT molecular complexity index is 724. The van der Waals surface area contributed by atoms with Crippen molar-refractivity contribution >= 4 is 15.9 Å². The van der Waals surface area contributed by atoms with Crippen LogP contribution in [0.5, 0.6) is 5.75 Å². The van der Waals surface area contributed by atoms with E-state index < -0.39 is 5.82 Å². The van der Waals surface area contributed by atoms with Crippen molar-refractivity contribution in [2.75, 3.05) is 0 Å². The van der Waals surface area contributed by atoms with Crippen LogP contribution in [-0.4, -0.2) is 12.2 Å². The summed E-state index contributed by atoms with van der Waals surface area (Å²) in [5.74, 6) is -0.0566. The molecule has 0 saturated heterocycles. The van der Waals surface area contributed by atoms with Gasteiger partial charge in [-0.2, -0.15) is 5.26 Å². The molecule has 0 spiro atoms. The molecule has 0 bridgehead atoms. The Kier molecular flexibility index (Phi) is 4.94. The van der Waals surface area contributed by atoms with E-state index in [1.54, 1.807) is 6.07 Å². The number of benzene rings is 2. The van der Waals surface area contributed by atoms with E-state index in [1.807, 2.05) is 36.4 Å². The number of nitriles is 1. The fourth-order valence-electron chi connectivity index (χ4n) is 2.44. The number of halogens is 2. The molecule has 2 aromatic rings. The van der Waals surface area contributed by atoms with E-state index in [-0.39, 0.29) is 22.2 Å². The third-order valence-corrected chi connectivity index (χ3v) is 4.38. The molecule has 0 radical (unpaired) electrons. The van der Waals surface area contributed by atoms with Crippen LogP contribution in [0.15, 0.2) is 46.9 Å². The first kappa shape index (κ1) is 16.0. The first-order valence-corrected chi connectivity index (χ1v) is 8.16. The average molecular weight is 376 g/mol. The third kappa shape index (κ3) is 3.90. The van der Waals surface area contributed by atoms with Crippen LogP contribution in [0.1, 0.15) is 24.0 Å². The molecule has 3 nitrogen and oxygen atoms in total. The molecular weight excluding hydrogens is 361 g/mol. The lowest BCUT2D eigenvalue weighted by Gasteiger charge is -2.35. The van der Waals surface area contributed by atoms with E-state index in [0.29, 0.717) is 12.4 Å². The molecule has 0 N–H and O–H groups in total. The van der Waals surface area contributed by atoms with Crippen molar-refractivity contribution in [3.8, 4) is 11.8 Å². The van der Waals surface area contributed by atoms with Crippen molar-refractivity contribution in [3.05, 3.63) is 63.9 Å². The lowest BCUT2D eigenvalue weighted by Crippen LogP contribution is -2.39. The highest BCUT2D eigenvalue weighted by Gasteiger charge is 2.32. The minimum Gasteiger partial charge on any atom is -0.490 e. The molecule has 0 aromatic heterocycles. The number of rotatable bonds is 5. The monoisotopic (exact) mass is 375 g/mol. The second-order valence-electron chi connectivity index (χ2n) is 5.51. The summed E-state index contributed by atoms with van der Waals surface area (Å²) in [6.07, 6.45) is 1.81. The van der Waals surface area contributed by atoms with Crippen molar-refractivity contribution in [1.82, 2.24) is 0 Å². The molecule has 1 aliphatic carbocycles. The molecule has 0 heterocycles. The van der Waals surface area contributed by atoms with Gasteiger partial charge in [-0.15, -0.1) is 0 Å². The highest BCUT2D eigenvalue weighted by atomic mass is 79.9. The molecule has 23 heavy (non-hydrogen) atoms. The Balaban J connectivity index is 1.49. The van der Waals surface area contributed by atoms with Gasteiger partial charge in [-0.05, 0) is 27.6 Å². The van der Waals surface area contributed by atoms with Gasteiger partial charge in [0.05, 0.1) is 22.7 Å². The van der Waals surface area contributed by atoms with Crippen LogP contribution in [0.4, 0.5) is 4.39 Å².